The molecule has 0 bridgehead atoms. The average molecular weight is 322 g/mol. The number of aryl methyl sites for hydroxylation is 1. The van der Waals surface area contributed by atoms with Crippen LogP contribution in [0.3, 0.4) is 0 Å². The van der Waals surface area contributed by atoms with Crippen LogP contribution in [0, 0.1) is 23.0 Å². The first kappa shape index (κ1) is 15.3. The highest BCUT2D eigenvalue weighted by Crippen LogP contribution is 2.40. The van der Waals surface area contributed by atoms with E-state index in [1.165, 1.54) is 6.07 Å². The van der Waals surface area contributed by atoms with Crippen LogP contribution in [0.25, 0.3) is 11.3 Å². The first-order valence-electron chi connectivity index (χ1n) is 5.36. The fourth-order valence-corrected chi connectivity index (χ4v) is 2.16. The van der Waals surface area contributed by atoms with Gasteiger partial charge in [0.25, 0.3) is 0 Å². The zero-order chi connectivity index (χ0) is 15.9. The van der Waals surface area contributed by atoms with Crippen molar-refractivity contribution in [2.24, 2.45) is 7.05 Å². The van der Waals surface area contributed by atoms with Crippen LogP contribution >= 0.6 is 11.6 Å². The molecule has 9 heteroatoms. The van der Waals surface area contributed by atoms with Gasteiger partial charge >= 0.3 is 6.18 Å². The average Bonchev–Trinajstić information content (AvgIpc) is 2.66. The highest BCUT2D eigenvalue weighted by molar-refractivity contribution is 6.33. The van der Waals surface area contributed by atoms with Crippen LogP contribution < -0.4 is 0 Å². The van der Waals surface area contributed by atoms with Crippen LogP contribution in [-0.2, 0) is 13.2 Å². The lowest BCUT2D eigenvalue weighted by Crippen LogP contribution is -2.12. The van der Waals surface area contributed by atoms with E-state index in [1.54, 1.807) is 0 Å². The minimum atomic E-state index is -4.79. The highest BCUT2D eigenvalue weighted by atomic mass is 35.5. The molecule has 0 saturated carbocycles. The van der Waals surface area contributed by atoms with Gasteiger partial charge in [0.1, 0.15) is 23.4 Å². The van der Waals surface area contributed by atoms with Gasteiger partial charge in [0.15, 0.2) is 5.69 Å². The third-order valence-corrected chi connectivity index (χ3v) is 3.05. The van der Waals surface area contributed by atoms with Crippen LogP contribution in [0.4, 0.5) is 22.0 Å². The molecule has 0 atom stereocenters. The van der Waals surface area contributed by atoms with Gasteiger partial charge in [-0.25, -0.2) is 8.78 Å². The standard InChI is InChI=1S/C12H5ClF5N3/c1-21-11(12(16,17)18)9(13)10(20-21)6-3-7(14)5(4-19)2-8(6)15/h2-3H,1H3. The Bertz CT molecular complexity index is 758. The van der Waals surface area contributed by atoms with Crippen molar-refractivity contribution in [3.63, 3.8) is 0 Å². The molecule has 0 radical (unpaired) electrons. The lowest BCUT2D eigenvalue weighted by molar-refractivity contribution is -0.143. The van der Waals surface area contributed by atoms with Crippen LogP contribution in [0.15, 0.2) is 12.1 Å². The Morgan fingerprint density at radius 1 is 1.24 bits per heavy atom. The normalized spacial score (nSPS) is 11.5. The molecule has 0 aliphatic rings. The predicted octanol–water partition coefficient (Wildman–Crippen LogP) is 3.91. The number of nitrogens with zero attached hydrogens (tertiary/aromatic N) is 3. The third-order valence-electron chi connectivity index (χ3n) is 2.69. The molecule has 21 heavy (non-hydrogen) atoms. The summed E-state index contributed by atoms with van der Waals surface area (Å²) in [5.41, 5.74) is -2.95. The summed E-state index contributed by atoms with van der Waals surface area (Å²) in [6.07, 6.45) is -4.79. The van der Waals surface area contributed by atoms with Crippen molar-refractivity contribution in [3.05, 3.63) is 40.0 Å². The SMILES string of the molecule is Cn1nc(-c2cc(F)c(C#N)cc2F)c(Cl)c1C(F)(F)F. The molecule has 1 aromatic carbocycles. The number of hydrogen-bond acceptors (Lipinski definition) is 2. The summed E-state index contributed by atoms with van der Waals surface area (Å²) >= 11 is 5.59. The van der Waals surface area contributed by atoms with E-state index >= 15 is 0 Å². The summed E-state index contributed by atoms with van der Waals surface area (Å²) in [6, 6.07) is 2.57. The molecule has 0 N–H and O–H groups in total. The molecular formula is C12H5ClF5N3. The molecule has 0 spiro atoms. The maximum Gasteiger partial charge on any atom is 0.434 e. The Kier molecular flexibility index (Phi) is 3.63. The summed E-state index contributed by atoms with van der Waals surface area (Å²) in [6.45, 7) is 0. The molecule has 0 fully saturated rings. The van der Waals surface area contributed by atoms with Gasteiger partial charge in [0.2, 0.25) is 0 Å². The number of hydrogen-bond donors (Lipinski definition) is 0. The van der Waals surface area contributed by atoms with E-state index in [4.69, 9.17) is 16.9 Å². The molecule has 0 amide bonds. The van der Waals surface area contributed by atoms with Gasteiger partial charge in [0, 0.05) is 12.6 Å². The van der Waals surface area contributed by atoms with Crippen molar-refractivity contribution in [2.75, 3.05) is 0 Å². The molecule has 1 aromatic heterocycles. The lowest BCUT2D eigenvalue weighted by atomic mass is 10.1. The molecule has 0 aliphatic heterocycles. The van der Waals surface area contributed by atoms with Crippen LogP contribution in [0.5, 0.6) is 0 Å². The van der Waals surface area contributed by atoms with E-state index in [2.05, 4.69) is 5.10 Å². The Morgan fingerprint density at radius 2 is 1.86 bits per heavy atom. The number of benzene rings is 1. The first-order chi connectivity index (χ1) is 9.66. The molecule has 0 saturated heterocycles. The van der Waals surface area contributed by atoms with Crippen molar-refractivity contribution in [1.82, 2.24) is 9.78 Å². The Balaban J connectivity index is 2.70. The van der Waals surface area contributed by atoms with E-state index in [-0.39, 0.29) is 0 Å². The lowest BCUT2D eigenvalue weighted by Gasteiger charge is -2.06. The topological polar surface area (TPSA) is 41.6 Å². The van der Waals surface area contributed by atoms with Crippen LogP contribution in [-0.4, -0.2) is 9.78 Å². The van der Waals surface area contributed by atoms with Gasteiger partial charge in [-0.1, -0.05) is 11.6 Å². The summed E-state index contributed by atoms with van der Waals surface area (Å²) in [7, 11) is 0.982. The molecule has 2 rings (SSSR count). The molecule has 2 aromatic rings. The minimum absolute atomic E-state index is 0.438. The van der Waals surface area contributed by atoms with Gasteiger partial charge in [0.05, 0.1) is 10.6 Å². The first-order valence-corrected chi connectivity index (χ1v) is 5.73. The monoisotopic (exact) mass is 321 g/mol. The van der Waals surface area contributed by atoms with Gasteiger partial charge in [-0.3, -0.25) is 4.68 Å². The fourth-order valence-electron chi connectivity index (χ4n) is 1.79. The number of alkyl halides is 3. The summed E-state index contributed by atoms with van der Waals surface area (Å²) in [5.74, 6) is -2.18. The van der Waals surface area contributed by atoms with E-state index in [1.807, 2.05) is 0 Å². The number of halogens is 6. The minimum Gasteiger partial charge on any atom is -0.262 e. The van der Waals surface area contributed by atoms with E-state index < -0.39 is 45.3 Å². The zero-order valence-corrected chi connectivity index (χ0v) is 11.0. The van der Waals surface area contributed by atoms with Gasteiger partial charge in [-0.2, -0.15) is 23.5 Å². The predicted molar refractivity (Wildman–Crippen MR) is 63.3 cm³/mol. The summed E-state index contributed by atoms with van der Waals surface area (Å²) in [4.78, 5) is 0. The van der Waals surface area contributed by atoms with Crippen molar-refractivity contribution in [3.8, 4) is 17.3 Å². The highest BCUT2D eigenvalue weighted by Gasteiger charge is 2.39. The number of rotatable bonds is 1. The molecule has 110 valence electrons. The van der Waals surface area contributed by atoms with Crippen molar-refractivity contribution < 1.29 is 22.0 Å². The van der Waals surface area contributed by atoms with Gasteiger partial charge in [-0.15, -0.1) is 0 Å². The second kappa shape index (κ2) is 5.00. The fraction of sp³-hybridized carbons (Fsp3) is 0.167. The smallest absolute Gasteiger partial charge is 0.262 e. The second-order valence-electron chi connectivity index (χ2n) is 4.06. The van der Waals surface area contributed by atoms with E-state index in [0.717, 1.165) is 7.05 Å². The molecule has 0 unspecified atom stereocenters. The molecule has 1 heterocycles. The van der Waals surface area contributed by atoms with Crippen molar-refractivity contribution in [1.29, 1.82) is 5.26 Å². The Hall–Kier alpha value is -2.14. The van der Waals surface area contributed by atoms with Crippen molar-refractivity contribution >= 4 is 11.6 Å². The Morgan fingerprint density at radius 3 is 2.33 bits per heavy atom. The maximum atomic E-state index is 13.8. The maximum absolute atomic E-state index is 13.8. The largest absolute Gasteiger partial charge is 0.434 e. The number of aromatic nitrogens is 2. The molecule has 0 aliphatic carbocycles. The zero-order valence-electron chi connectivity index (χ0n) is 10.3. The van der Waals surface area contributed by atoms with Crippen molar-refractivity contribution in [2.45, 2.75) is 6.18 Å². The quantitative estimate of drug-likeness (QED) is 0.747. The van der Waals surface area contributed by atoms with Gasteiger partial charge < -0.3 is 0 Å². The molecule has 3 nitrogen and oxygen atoms in total. The third kappa shape index (κ3) is 2.56. The van der Waals surface area contributed by atoms with E-state index in [9.17, 15) is 22.0 Å². The van der Waals surface area contributed by atoms with Crippen LogP contribution in [0.2, 0.25) is 5.02 Å². The van der Waals surface area contributed by atoms with E-state index in [0.29, 0.717) is 16.8 Å². The van der Waals surface area contributed by atoms with Gasteiger partial charge in [-0.05, 0) is 12.1 Å². The van der Waals surface area contributed by atoms with Crippen LogP contribution in [0.1, 0.15) is 11.3 Å². The molecular weight excluding hydrogens is 317 g/mol. The second-order valence-corrected chi connectivity index (χ2v) is 4.43. The Labute approximate surface area is 120 Å². The summed E-state index contributed by atoms with van der Waals surface area (Å²) in [5, 5.41) is 11.2. The summed E-state index contributed by atoms with van der Waals surface area (Å²) < 4.78 is 66.1. The number of nitriles is 1.